The number of alkyl halides is 1. The Morgan fingerprint density at radius 3 is 2.65 bits per heavy atom. The van der Waals surface area contributed by atoms with Crippen molar-refractivity contribution < 1.29 is 8.42 Å². The van der Waals surface area contributed by atoms with Crippen LogP contribution in [0.4, 0.5) is 0 Å². The molecule has 2 nitrogen and oxygen atoms in total. The number of hydrogen-bond donors (Lipinski definition) is 0. The van der Waals surface area contributed by atoms with Crippen LogP contribution in [0.15, 0.2) is 36.4 Å². The predicted molar refractivity (Wildman–Crippen MR) is 84.0 cm³/mol. The van der Waals surface area contributed by atoms with Crippen LogP contribution in [-0.4, -0.2) is 19.9 Å². The zero-order chi connectivity index (χ0) is 14.3. The van der Waals surface area contributed by atoms with Gasteiger partial charge in [-0.3, -0.25) is 0 Å². The van der Waals surface area contributed by atoms with Crippen LogP contribution in [0, 0.1) is 12.8 Å². The van der Waals surface area contributed by atoms with Gasteiger partial charge >= 0.3 is 0 Å². The van der Waals surface area contributed by atoms with E-state index in [1.54, 1.807) is 0 Å². The van der Waals surface area contributed by atoms with Gasteiger partial charge in [0, 0.05) is 0 Å². The van der Waals surface area contributed by atoms with Crippen molar-refractivity contribution in [2.75, 3.05) is 11.5 Å². The molecule has 0 saturated carbocycles. The highest BCUT2D eigenvalue weighted by molar-refractivity contribution is 7.91. The van der Waals surface area contributed by atoms with E-state index in [0.29, 0.717) is 6.42 Å². The molecule has 1 aliphatic heterocycles. The van der Waals surface area contributed by atoms with E-state index in [9.17, 15) is 8.42 Å². The van der Waals surface area contributed by atoms with E-state index < -0.39 is 9.84 Å². The normalized spacial score (nSPS) is 23.0. The molecule has 1 saturated heterocycles. The van der Waals surface area contributed by atoms with E-state index in [1.165, 1.54) is 0 Å². The number of rotatable bonds is 2. The maximum absolute atomic E-state index is 11.7. The molecule has 0 spiro atoms. The van der Waals surface area contributed by atoms with Crippen molar-refractivity contribution in [2.45, 2.75) is 18.7 Å². The summed E-state index contributed by atoms with van der Waals surface area (Å²) < 4.78 is 23.3. The van der Waals surface area contributed by atoms with Crippen LogP contribution in [0.5, 0.6) is 0 Å². The summed E-state index contributed by atoms with van der Waals surface area (Å²) in [6.07, 6.45) is 0.666. The first-order valence-corrected chi connectivity index (χ1v) is 9.06. The summed E-state index contributed by atoms with van der Waals surface area (Å²) in [5.74, 6) is 0.500. The number of sulfone groups is 1. The fourth-order valence-corrected chi connectivity index (χ4v) is 5.51. The Labute approximate surface area is 124 Å². The van der Waals surface area contributed by atoms with Gasteiger partial charge in [0.1, 0.15) is 0 Å². The van der Waals surface area contributed by atoms with Crippen molar-refractivity contribution in [3.05, 3.63) is 47.5 Å². The molecule has 106 valence electrons. The lowest BCUT2D eigenvalue weighted by atomic mass is 9.91. The van der Waals surface area contributed by atoms with Gasteiger partial charge < -0.3 is 0 Å². The predicted octanol–water partition coefficient (Wildman–Crippen LogP) is 3.86. The number of halogens is 1. The van der Waals surface area contributed by atoms with Gasteiger partial charge in [-0.2, -0.15) is 0 Å². The van der Waals surface area contributed by atoms with Gasteiger partial charge in [-0.25, -0.2) is 8.42 Å². The smallest absolute Gasteiger partial charge is 0.150 e. The lowest BCUT2D eigenvalue weighted by molar-refractivity contribution is 0.569. The average molecular weight is 309 g/mol. The molecular formula is C16H17ClO2S. The highest BCUT2D eigenvalue weighted by Crippen LogP contribution is 2.40. The lowest BCUT2D eigenvalue weighted by Gasteiger charge is -2.20. The first-order valence-electron chi connectivity index (χ1n) is 6.81. The number of aryl methyl sites for hydroxylation is 1. The van der Waals surface area contributed by atoms with Gasteiger partial charge in [-0.05, 0) is 41.2 Å². The monoisotopic (exact) mass is 308 g/mol. The van der Waals surface area contributed by atoms with Crippen LogP contribution >= 0.6 is 11.6 Å². The highest BCUT2D eigenvalue weighted by atomic mass is 35.5. The van der Waals surface area contributed by atoms with Crippen LogP contribution in [-0.2, 0) is 9.84 Å². The van der Waals surface area contributed by atoms with Crippen LogP contribution in [0.3, 0.4) is 0 Å². The Balaban J connectivity index is 2.07. The molecule has 0 aliphatic carbocycles. The Morgan fingerprint density at radius 1 is 1.20 bits per heavy atom. The average Bonchev–Trinajstić information content (AvgIpc) is 2.78. The van der Waals surface area contributed by atoms with Crippen molar-refractivity contribution in [1.82, 2.24) is 0 Å². The molecule has 0 amide bonds. The second-order valence-corrected chi connectivity index (χ2v) is 8.28. The minimum absolute atomic E-state index is 0.0196. The van der Waals surface area contributed by atoms with Crippen molar-refractivity contribution in [3.8, 4) is 0 Å². The number of benzene rings is 2. The second kappa shape index (κ2) is 5.05. The molecule has 0 bridgehead atoms. The Morgan fingerprint density at radius 2 is 1.95 bits per heavy atom. The molecule has 2 aromatic rings. The summed E-state index contributed by atoms with van der Waals surface area (Å²) in [4.78, 5) is 0. The summed E-state index contributed by atoms with van der Waals surface area (Å²) >= 11 is 6.66. The van der Waals surface area contributed by atoms with Gasteiger partial charge in [-0.1, -0.05) is 36.4 Å². The van der Waals surface area contributed by atoms with Gasteiger partial charge in [0.2, 0.25) is 0 Å². The quantitative estimate of drug-likeness (QED) is 0.789. The van der Waals surface area contributed by atoms with E-state index in [4.69, 9.17) is 11.6 Å². The molecule has 2 aromatic carbocycles. The van der Waals surface area contributed by atoms with Crippen LogP contribution < -0.4 is 0 Å². The minimum atomic E-state index is -2.90. The third-order valence-electron chi connectivity index (χ3n) is 4.15. The van der Waals surface area contributed by atoms with Crippen molar-refractivity contribution in [3.63, 3.8) is 0 Å². The fourth-order valence-electron chi connectivity index (χ4n) is 3.06. The zero-order valence-corrected chi connectivity index (χ0v) is 12.9. The van der Waals surface area contributed by atoms with E-state index in [2.05, 4.69) is 24.3 Å². The Kier molecular flexibility index (Phi) is 3.51. The standard InChI is InChI=1S/C16H17ClO2S/c1-11-6-7-12-4-2-3-5-14(12)15(11)16(17)13-8-9-20(18,19)10-13/h2-7,13,16H,8-10H2,1H3. The lowest BCUT2D eigenvalue weighted by Crippen LogP contribution is -2.11. The molecular weight excluding hydrogens is 292 g/mol. The van der Waals surface area contributed by atoms with Gasteiger partial charge in [0.25, 0.3) is 0 Å². The zero-order valence-electron chi connectivity index (χ0n) is 11.3. The van der Waals surface area contributed by atoms with Gasteiger partial charge in [-0.15, -0.1) is 11.6 Å². The summed E-state index contributed by atoms with van der Waals surface area (Å²) in [5, 5.41) is 2.05. The maximum Gasteiger partial charge on any atom is 0.150 e. The number of fused-ring (bicyclic) bond motifs is 1. The third-order valence-corrected chi connectivity index (χ3v) is 6.51. The third kappa shape index (κ3) is 2.45. The highest BCUT2D eigenvalue weighted by Gasteiger charge is 2.34. The molecule has 0 N–H and O–H groups in total. The molecule has 1 heterocycles. The Hall–Kier alpha value is -1.06. The summed E-state index contributed by atoms with van der Waals surface area (Å²) in [7, 11) is -2.90. The summed E-state index contributed by atoms with van der Waals surface area (Å²) in [6.45, 7) is 2.04. The van der Waals surface area contributed by atoms with Gasteiger partial charge in [0.15, 0.2) is 9.84 Å². The SMILES string of the molecule is Cc1ccc2ccccc2c1C(Cl)C1CCS(=O)(=O)C1. The minimum Gasteiger partial charge on any atom is -0.229 e. The van der Waals surface area contributed by atoms with Crippen LogP contribution in [0.25, 0.3) is 10.8 Å². The first-order chi connectivity index (χ1) is 9.48. The van der Waals surface area contributed by atoms with Gasteiger partial charge in [0.05, 0.1) is 16.9 Å². The molecule has 0 aromatic heterocycles. The molecule has 2 unspecified atom stereocenters. The van der Waals surface area contributed by atoms with E-state index in [0.717, 1.165) is 21.9 Å². The molecule has 3 rings (SSSR count). The maximum atomic E-state index is 11.7. The summed E-state index contributed by atoms with van der Waals surface area (Å²) in [5.41, 5.74) is 2.22. The molecule has 1 aliphatic rings. The molecule has 0 radical (unpaired) electrons. The molecule has 2 atom stereocenters. The van der Waals surface area contributed by atoms with E-state index in [1.807, 2.05) is 19.1 Å². The second-order valence-electron chi connectivity index (χ2n) is 5.58. The van der Waals surface area contributed by atoms with Crippen LogP contribution in [0.2, 0.25) is 0 Å². The largest absolute Gasteiger partial charge is 0.229 e. The fraction of sp³-hybridized carbons (Fsp3) is 0.375. The first kappa shape index (κ1) is 13.9. The molecule has 4 heteroatoms. The molecule has 1 fully saturated rings. The van der Waals surface area contributed by atoms with Crippen molar-refractivity contribution in [1.29, 1.82) is 0 Å². The van der Waals surface area contributed by atoms with E-state index in [-0.39, 0.29) is 22.8 Å². The van der Waals surface area contributed by atoms with Crippen molar-refractivity contribution >= 4 is 32.2 Å². The topological polar surface area (TPSA) is 34.1 Å². The number of hydrogen-bond acceptors (Lipinski definition) is 2. The van der Waals surface area contributed by atoms with Crippen molar-refractivity contribution in [2.24, 2.45) is 5.92 Å². The molecule has 20 heavy (non-hydrogen) atoms. The summed E-state index contributed by atoms with van der Waals surface area (Å²) in [6, 6.07) is 12.3. The van der Waals surface area contributed by atoms with E-state index >= 15 is 0 Å². The van der Waals surface area contributed by atoms with Crippen LogP contribution in [0.1, 0.15) is 22.9 Å². The Bertz CT molecular complexity index is 752.